The molecular formula is C14H13F6NO2. The van der Waals surface area contributed by atoms with E-state index < -0.39 is 55.4 Å². The summed E-state index contributed by atoms with van der Waals surface area (Å²) in [7, 11) is 0. The van der Waals surface area contributed by atoms with Crippen LogP contribution in [0.4, 0.5) is 26.3 Å². The predicted octanol–water partition coefficient (Wildman–Crippen LogP) is 2.88. The third-order valence-electron chi connectivity index (χ3n) is 3.84. The smallest absolute Gasteiger partial charge is 0.387 e. The van der Waals surface area contributed by atoms with Crippen molar-refractivity contribution in [3.63, 3.8) is 0 Å². The SMILES string of the molecule is O=C(CO)N(Cc1ccc(F)cc1)C1(C(F)(F)F)CC(F)(F)C1. The monoisotopic (exact) mass is 341 g/mol. The average Bonchev–Trinajstić information content (AvgIpc) is 2.41. The molecule has 1 fully saturated rings. The van der Waals surface area contributed by atoms with E-state index in [1.54, 1.807) is 0 Å². The molecule has 0 bridgehead atoms. The minimum Gasteiger partial charge on any atom is -0.387 e. The molecule has 0 spiro atoms. The number of hydrogen-bond acceptors (Lipinski definition) is 2. The lowest BCUT2D eigenvalue weighted by molar-refractivity contribution is -0.308. The van der Waals surface area contributed by atoms with E-state index in [-0.39, 0.29) is 10.5 Å². The number of halogens is 6. The van der Waals surface area contributed by atoms with Crippen LogP contribution < -0.4 is 0 Å². The minimum atomic E-state index is -5.08. The normalized spacial score (nSPS) is 19.1. The zero-order valence-electron chi connectivity index (χ0n) is 11.7. The van der Waals surface area contributed by atoms with Crippen molar-refractivity contribution in [2.75, 3.05) is 6.61 Å². The number of amides is 1. The summed E-state index contributed by atoms with van der Waals surface area (Å²) < 4.78 is 79.1. The van der Waals surface area contributed by atoms with Gasteiger partial charge in [-0.2, -0.15) is 13.2 Å². The Labute approximate surface area is 127 Å². The van der Waals surface area contributed by atoms with E-state index >= 15 is 0 Å². The highest BCUT2D eigenvalue weighted by atomic mass is 19.4. The molecule has 1 aromatic rings. The highest BCUT2D eigenvalue weighted by Gasteiger charge is 2.73. The first-order valence-corrected chi connectivity index (χ1v) is 6.61. The van der Waals surface area contributed by atoms with E-state index in [0.717, 1.165) is 24.3 Å². The molecule has 1 aliphatic rings. The molecule has 23 heavy (non-hydrogen) atoms. The van der Waals surface area contributed by atoms with E-state index in [2.05, 4.69) is 0 Å². The fourth-order valence-corrected chi connectivity index (χ4v) is 2.68. The van der Waals surface area contributed by atoms with Gasteiger partial charge in [0.05, 0.1) is 0 Å². The maximum Gasteiger partial charge on any atom is 0.412 e. The molecule has 0 aliphatic heterocycles. The Bertz CT molecular complexity index is 576. The van der Waals surface area contributed by atoms with Crippen molar-refractivity contribution in [2.45, 2.75) is 37.0 Å². The van der Waals surface area contributed by atoms with Crippen molar-refractivity contribution in [3.05, 3.63) is 35.6 Å². The van der Waals surface area contributed by atoms with Crippen molar-refractivity contribution in [1.82, 2.24) is 4.90 Å². The summed E-state index contributed by atoms with van der Waals surface area (Å²) in [5.74, 6) is -5.48. The van der Waals surface area contributed by atoms with Crippen LogP contribution in [-0.2, 0) is 11.3 Å². The molecule has 3 nitrogen and oxygen atoms in total. The summed E-state index contributed by atoms with van der Waals surface area (Å²) in [6.45, 7) is -1.90. The van der Waals surface area contributed by atoms with Gasteiger partial charge in [-0.1, -0.05) is 12.1 Å². The molecule has 0 atom stereocenters. The van der Waals surface area contributed by atoms with Gasteiger partial charge in [0, 0.05) is 19.4 Å². The molecule has 0 radical (unpaired) electrons. The van der Waals surface area contributed by atoms with Crippen LogP contribution in [0.2, 0.25) is 0 Å². The molecule has 128 valence electrons. The molecule has 1 saturated carbocycles. The maximum absolute atomic E-state index is 13.3. The number of aliphatic hydroxyl groups is 1. The fraction of sp³-hybridized carbons (Fsp3) is 0.500. The molecular weight excluding hydrogens is 328 g/mol. The molecule has 2 rings (SSSR count). The number of alkyl halides is 5. The van der Waals surface area contributed by atoms with Gasteiger partial charge in [-0.05, 0) is 17.7 Å². The van der Waals surface area contributed by atoms with Gasteiger partial charge >= 0.3 is 6.18 Å². The molecule has 0 saturated heterocycles. The number of benzene rings is 1. The summed E-state index contributed by atoms with van der Waals surface area (Å²) in [6.07, 6.45) is -8.20. The van der Waals surface area contributed by atoms with Gasteiger partial charge in [-0.3, -0.25) is 4.79 Å². The van der Waals surface area contributed by atoms with Gasteiger partial charge in [-0.15, -0.1) is 0 Å². The summed E-state index contributed by atoms with van der Waals surface area (Å²) in [6, 6.07) is 4.25. The Morgan fingerprint density at radius 2 is 1.70 bits per heavy atom. The molecule has 0 aromatic heterocycles. The summed E-state index contributed by atoms with van der Waals surface area (Å²) in [5.41, 5.74) is -2.91. The van der Waals surface area contributed by atoms with Gasteiger partial charge in [0.15, 0.2) is 0 Å². The van der Waals surface area contributed by atoms with Crippen LogP contribution in [0.3, 0.4) is 0 Å². The quantitative estimate of drug-likeness (QED) is 0.856. The number of carbonyl (C=O) groups is 1. The van der Waals surface area contributed by atoms with Crippen LogP contribution in [0.5, 0.6) is 0 Å². The van der Waals surface area contributed by atoms with E-state index in [4.69, 9.17) is 5.11 Å². The second kappa shape index (κ2) is 5.70. The highest BCUT2D eigenvalue weighted by molar-refractivity contribution is 5.78. The van der Waals surface area contributed by atoms with Gasteiger partial charge < -0.3 is 10.0 Å². The maximum atomic E-state index is 13.3. The standard InChI is InChI=1S/C14H13F6NO2/c15-10-3-1-9(2-4-10)5-21(11(23)6-22)12(14(18,19)20)7-13(16,17)8-12/h1-4,22H,5-8H2. The molecule has 1 aromatic carbocycles. The summed E-state index contributed by atoms with van der Waals surface area (Å²) in [5, 5.41) is 8.90. The largest absolute Gasteiger partial charge is 0.412 e. The number of hydrogen-bond donors (Lipinski definition) is 1. The lowest BCUT2D eigenvalue weighted by Crippen LogP contribution is -2.71. The lowest BCUT2D eigenvalue weighted by atomic mass is 9.71. The summed E-state index contributed by atoms with van der Waals surface area (Å²) in [4.78, 5) is 11.9. The lowest BCUT2D eigenvalue weighted by Gasteiger charge is -2.54. The van der Waals surface area contributed by atoms with Gasteiger partial charge in [0.2, 0.25) is 5.91 Å². The predicted molar refractivity (Wildman–Crippen MR) is 67.0 cm³/mol. The van der Waals surface area contributed by atoms with Crippen molar-refractivity contribution in [2.24, 2.45) is 0 Å². The minimum absolute atomic E-state index is 0.132. The average molecular weight is 341 g/mol. The fourth-order valence-electron chi connectivity index (χ4n) is 2.68. The number of nitrogens with zero attached hydrogens (tertiary/aromatic N) is 1. The molecule has 0 unspecified atom stereocenters. The van der Waals surface area contributed by atoms with Crippen molar-refractivity contribution < 1.29 is 36.2 Å². The first kappa shape index (κ1) is 17.6. The van der Waals surface area contributed by atoms with Crippen molar-refractivity contribution in [1.29, 1.82) is 0 Å². The Balaban J connectivity index is 2.36. The van der Waals surface area contributed by atoms with E-state index in [9.17, 15) is 31.1 Å². The molecule has 1 N–H and O–H groups in total. The number of aliphatic hydroxyl groups excluding tert-OH is 1. The third-order valence-corrected chi connectivity index (χ3v) is 3.84. The molecule has 0 heterocycles. The van der Waals surface area contributed by atoms with E-state index in [1.165, 1.54) is 0 Å². The highest BCUT2D eigenvalue weighted by Crippen LogP contribution is 2.57. The van der Waals surface area contributed by atoms with Gasteiger partial charge in [0.1, 0.15) is 18.0 Å². The zero-order valence-corrected chi connectivity index (χ0v) is 11.7. The van der Waals surface area contributed by atoms with Gasteiger partial charge in [0.25, 0.3) is 5.92 Å². The van der Waals surface area contributed by atoms with E-state index in [0.29, 0.717) is 0 Å². The third kappa shape index (κ3) is 3.29. The van der Waals surface area contributed by atoms with Crippen LogP contribution in [0.15, 0.2) is 24.3 Å². The topological polar surface area (TPSA) is 40.5 Å². The van der Waals surface area contributed by atoms with Crippen LogP contribution in [0.1, 0.15) is 18.4 Å². The van der Waals surface area contributed by atoms with Crippen molar-refractivity contribution in [3.8, 4) is 0 Å². The molecule has 1 amide bonds. The Morgan fingerprint density at radius 3 is 2.09 bits per heavy atom. The van der Waals surface area contributed by atoms with E-state index in [1.807, 2.05) is 0 Å². The second-order valence-electron chi connectivity index (χ2n) is 5.50. The van der Waals surface area contributed by atoms with Gasteiger partial charge in [-0.25, -0.2) is 13.2 Å². The number of rotatable bonds is 4. The number of carbonyl (C=O) groups excluding carboxylic acids is 1. The first-order chi connectivity index (χ1) is 10.5. The second-order valence-corrected chi connectivity index (χ2v) is 5.50. The first-order valence-electron chi connectivity index (χ1n) is 6.61. The van der Waals surface area contributed by atoms with Crippen LogP contribution >= 0.6 is 0 Å². The molecule has 9 heteroatoms. The summed E-state index contributed by atoms with van der Waals surface area (Å²) >= 11 is 0. The zero-order chi connectivity index (χ0) is 17.5. The van der Waals surface area contributed by atoms with Crippen LogP contribution in [0.25, 0.3) is 0 Å². The van der Waals surface area contributed by atoms with Crippen molar-refractivity contribution >= 4 is 5.91 Å². The Hall–Kier alpha value is -1.77. The van der Waals surface area contributed by atoms with Crippen LogP contribution in [0, 0.1) is 5.82 Å². The van der Waals surface area contributed by atoms with Crippen LogP contribution in [-0.4, -0.2) is 40.2 Å². The molecule has 1 aliphatic carbocycles. The Kier molecular flexibility index (Phi) is 4.36. The Morgan fingerprint density at radius 1 is 1.17 bits per heavy atom.